The second-order valence-electron chi connectivity index (χ2n) is 6.08. The number of benzene rings is 1. The molecule has 0 spiro atoms. The highest BCUT2D eigenvalue weighted by Crippen LogP contribution is 2.24. The van der Waals surface area contributed by atoms with Crippen molar-refractivity contribution in [2.45, 2.75) is 19.4 Å². The van der Waals surface area contributed by atoms with Crippen LogP contribution in [0.4, 0.5) is 0 Å². The monoisotopic (exact) mass is 299 g/mol. The fraction of sp³-hybridized carbons (Fsp3) is 0.412. The van der Waals surface area contributed by atoms with Crippen molar-refractivity contribution in [2.75, 3.05) is 13.1 Å². The predicted molar refractivity (Wildman–Crippen MR) is 83.7 cm³/mol. The number of carbonyl (C=O) groups is 1. The number of carboxylic acid groups (broad SMARTS) is 1. The Bertz CT molecular complexity index is 665. The molecule has 1 fully saturated rings. The first kappa shape index (κ1) is 14.8. The maximum absolute atomic E-state index is 11.3. The van der Waals surface area contributed by atoms with Crippen LogP contribution >= 0.6 is 0 Å². The number of likely N-dealkylation sites (tertiary alicyclic amines) is 1. The molecule has 1 aliphatic rings. The normalized spacial score (nSPS) is 18.7. The van der Waals surface area contributed by atoms with E-state index in [2.05, 4.69) is 10.00 Å². The Morgan fingerprint density at radius 1 is 1.41 bits per heavy atom. The molecule has 1 aliphatic heterocycles. The van der Waals surface area contributed by atoms with Crippen LogP contribution in [0.1, 0.15) is 27.9 Å². The summed E-state index contributed by atoms with van der Waals surface area (Å²) in [4.78, 5) is 13.7. The second kappa shape index (κ2) is 6.32. The lowest BCUT2D eigenvalue weighted by Gasteiger charge is -2.15. The van der Waals surface area contributed by atoms with Crippen LogP contribution in [-0.4, -0.2) is 38.8 Å². The molecule has 22 heavy (non-hydrogen) atoms. The average molecular weight is 299 g/mol. The maximum Gasteiger partial charge on any atom is 0.335 e. The third kappa shape index (κ3) is 3.36. The molecule has 2 heterocycles. The van der Waals surface area contributed by atoms with Crippen molar-refractivity contribution in [3.8, 4) is 0 Å². The van der Waals surface area contributed by atoms with Gasteiger partial charge in [0.1, 0.15) is 0 Å². The van der Waals surface area contributed by atoms with Crippen molar-refractivity contribution in [3.05, 3.63) is 53.3 Å². The summed E-state index contributed by atoms with van der Waals surface area (Å²) in [5, 5.41) is 13.5. The molecule has 3 rings (SSSR count). The fourth-order valence-corrected chi connectivity index (χ4v) is 3.25. The van der Waals surface area contributed by atoms with Crippen molar-refractivity contribution >= 4 is 5.97 Å². The van der Waals surface area contributed by atoms with Gasteiger partial charge in [0.15, 0.2) is 0 Å². The first-order valence-corrected chi connectivity index (χ1v) is 7.63. The van der Waals surface area contributed by atoms with E-state index < -0.39 is 5.97 Å². The lowest BCUT2D eigenvalue weighted by atomic mass is 9.95. The van der Waals surface area contributed by atoms with Gasteiger partial charge in [-0.25, -0.2) is 4.79 Å². The van der Waals surface area contributed by atoms with Crippen LogP contribution in [-0.2, 0) is 20.0 Å². The first-order chi connectivity index (χ1) is 10.6. The minimum Gasteiger partial charge on any atom is -0.478 e. The molecule has 116 valence electrons. The molecule has 5 heteroatoms. The molecule has 0 bridgehead atoms. The molecule has 1 aromatic carbocycles. The van der Waals surface area contributed by atoms with E-state index in [1.54, 1.807) is 12.1 Å². The Hall–Kier alpha value is -2.14. The van der Waals surface area contributed by atoms with Crippen LogP contribution in [0, 0.1) is 5.92 Å². The van der Waals surface area contributed by atoms with Gasteiger partial charge in [0.2, 0.25) is 0 Å². The van der Waals surface area contributed by atoms with Crippen LogP contribution in [0.2, 0.25) is 0 Å². The minimum atomic E-state index is -0.833. The number of hydrogen-bond acceptors (Lipinski definition) is 3. The summed E-state index contributed by atoms with van der Waals surface area (Å²) in [7, 11) is 1.93. The average Bonchev–Trinajstić information content (AvgIpc) is 3.09. The van der Waals surface area contributed by atoms with Gasteiger partial charge in [-0.15, -0.1) is 0 Å². The van der Waals surface area contributed by atoms with Crippen molar-refractivity contribution in [1.82, 2.24) is 14.7 Å². The van der Waals surface area contributed by atoms with Gasteiger partial charge >= 0.3 is 5.97 Å². The van der Waals surface area contributed by atoms with Crippen LogP contribution < -0.4 is 0 Å². The van der Waals surface area contributed by atoms with E-state index in [0.717, 1.165) is 38.0 Å². The smallest absolute Gasteiger partial charge is 0.335 e. The molecule has 0 amide bonds. The number of nitrogens with zero attached hydrogens (tertiary/aromatic N) is 3. The summed E-state index contributed by atoms with van der Waals surface area (Å²) in [5.41, 5.74) is 2.62. The highest BCUT2D eigenvalue weighted by atomic mass is 16.4. The molecule has 1 N–H and O–H groups in total. The number of hydrogen-bond donors (Lipinski definition) is 1. The molecular formula is C17H21N3O2. The van der Waals surface area contributed by atoms with Crippen molar-refractivity contribution in [3.63, 3.8) is 0 Å². The Morgan fingerprint density at radius 2 is 2.23 bits per heavy atom. The molecule has 5 nitrogen and oxygen atoms in total. The summed E-state index contributed by atoms with van der Waals surface area (Å²) >= 11 is 0. The lowest BCUT2D eigenvalue weighted by molar-refractivity contribution is 0.0695. The molecule has 2 aromatic rings. The van der Waals surface area contributed by atoms with E-state index in [0.29, 0.717) is 11.5 Å². The van der Waals surface area contributed by atoms with E-state index in [9.17, 15) is 9.90 Å². The molecule has 0 saturated carbocycles. The largest absolute Gasteiger partial charge is 0.478 e. The Morgan fingerprint density at radius 3 is 2.95 bits per heavy atom. The number of aryl methyl sites for hydroxylation is 1. The van der Waals surface area contributed by atoms with Crippen LogP contribution in [0.3, 0.4) is 0 Å². The van der Waals surface area contributed by atoms with Gasteiger partial charge in [-0.3, -0.25) is 9.58 Å². The Balaban J connectivity index is 1.60. The number of rotatable bonds is 5. The minimum absolute atomic E-state index is 0.438. The molecular weight excluding hydrogens is 278 g/mol. The van der Waals surface area contributed by atoms with E-state index in [4.69, 9.17) is 0 Å². The topological polar surface area (TPSA) is 58.4 Å². The second-order valence-corrected chi connectivity index (χ2v) is 6.08. The van der Waals surface area contributed by atoms with E-state index >= 15 is 0 Å². The molecule has 0 aliphatic carbocycles. The predicted octanol–water partition coefficient (Wildman–Crippen LogP) is 2.18. The van der Waals surface area contributed by atoms with Crippen LogP contribution in [0.25, 0.3) is 0 Å². The quantitative estimate of drug-likeness (QED) is 0.919. The molecule has 1 atom stereocenters. The lowest BCUT2D eigenvalue weighted by Crippen LogP contribution is -2.20. The zero-order chi connectivity index (χ0) is 15.5. The Labute approximate surface area is 130 Å². The SMILES string of the molecule is Cn1cc(CN2CCC(Cc3ccccc3C(=O)O)C2)cn1. The summed E-state index contributed by atoms with van der Waals surface area (Å²) < 4.78 is 1.83. The summed E-state index contributed by atoms with van der Waals surface area (Å²) in [5.74, 6) is -0.307. The Kier molecular flexibility index (Phi) is 4.24. The van der Waals surface area contributed by atoms with Gasteiger partial charge in [0.05, 0.1) is 11.8 Å². The van der Waals surface area contributed by atoms with Gasteiger partial charge in [0.25, 0.3) is 0 Å². The van der Waals surface area contributed by atoms with E-state index in [1.807, 2.05) is 36.3 Å². The summed E-state index contributed by atoms with van der Waals surface area (Å²) in [6.07, 6.45) is 5.92. The van der Waals surface area contributed by atoms with Crippen molar-refractivity contribution in [2.24, 2.45) is 13.0 Å². The highest BCUT2D eigenvalue weighted by Gasteiger charge is 2.24. The first-order valence-electron chi connectivity index (χ1n) is 7.63. The number of carboxylic acids is 1. The summed E-state index contributed by atoms with van der Waals surface area (Å²) in [6.45, 7) is 3.00. The molecule has 0 radical (unpaired) electrons. The third-order valence-corrected chi connectivity index (χ3v) is 4.29. The zero-order valence-corrected chi connectivity index (χ0v) is 12.8. The standard InChI is InChI=1S/C17H21N3O2/c1-19-10-14(9-18-19)12-20-7-6-13(11-20)8-15-4-2-3-5-16(15)17(21)22/h2-5,9-10,13H,6-8,11-12H2,1H3,(H,21,22). The number of aromatic carboxylic acids is 1. The maximum atomic E-state index is 11.3. The van der Waals surface area contributed by atoms with Gasteiger partial charge in [-0.1, -0.05) is 18.2 Å². The van der Waals surface area contributed by atoms with Crippen molar-refractivity contribution < 1.29 is 9.90 Å². The van der Waals surface area contributed by atoms with Gasteiger partial charge in [-0.2, -0.15) is 5.10 Å². The fourth-order valence-electron chi connectivity index (χ4n) is 3.25. The van der Waals surface area contributed by atoms with Gasteiger partial charge in [-0.05, 0) is 36.9 Å². The summed E-state index contributed by atoms with van der Waals surface area (Å²) in [6, 6.07) is 7.34. The third-order valence-electron chi connectivity index (χ3n) is 4.29. The van der Waals surface area contributed by atoms with Crippen molar-refractivity contribution in [1.29, 1.82) is 0 Å². The van der Waals surface area contributed by atoms with Crippen LogP contribution in [0.5, 0.6) is 0 Å². The molecule has 1 saturated heterocycles. The van der Waals surface area contributed by atoms with Gasteiger partial charge < -0.3 is 5.11 Å². The van der Waals surface area contributed by atoms with Gasteiger partial charge in [0, 0.05) is 31.9 Å². The highest BCUT2D eigenvalue weighted by molar-refractivity contribution is 5.89. The zero-order valence-electron chi connectivity index (χ0n) is 12.8. The van der Waals surface area contributed by atoms with E-state index in [1.165, 1.54) is 5.56 Å². The number of aromatic nitrogens is 2. The van der Waals surface area contributed by atoms with E-state index in [-0.39, 0.29) is 0 Å². The molecule has 1 unspecified atom stereocenters. The van der Waals surface area contributed by atoms with Crippen LogP contribution in [0.15, 0.2) is 36.7 Å². The molecule has 1 aromatic heterocycles.